The van der Waals surface area contributed by atoms with Crippen molar-refractivity contribution in [3.8, 4) is 0 Å². The maximum Gasteiger partial charge on any atom is 0.416 e. The Hall–Kier alpha value is -1.07. The molecule has 20 heavy (non-hydrogen) atoms. The van der Waals surface area contributed by atoms with Gasteiger partial charge in [0.25, 0.3) is 0 Å². The second-order valence-corrected chi connectivity index (χ2v) is 5.41. The lowest BCUT2D eigenvalue weighted by Crippen LogP contribution is -2.39. The molecule has 1 aromatic carbocycles. The molecule has 0 aromatic heterocycles. The van der Waals surface area contributed by atoms with Crippen LogP contribution in [-0.2, 0) is 16.5 Å². The molecule has 1 saturated heterocycles. The third kappa shape index (κ3) is 2.99. The van der Waals surface area contributed by atoms with Gasteiger partial charge >= 0.3 is 6.18 Å². The van der Waals surface area contributed by atoms with Gasteiger partial charge in [-0.1, -0.05) is 13.0 Å². The normalized spacial score (nSPS) is 27.6. The maximum absolute atomic E-state index is 12.7. The Morgan fingerprint density at radius 2 is 2.10 bits per heavy atom. The van der Waals surface area contributed by atoms with Crippen LogP contribution in [0.15, 0.2) is 18.2 Å². The number of hydrogen-bond donors (Lipinski definition) is 1. The quantitative estimate of drug-likeness (QED) is 0.897. The molecule has 1 heterocycles. The van der Waals surface area contributed by atoms with Gasteiger partial charge in [0.15, 0.2) is 0 Å². The van der Waals surface area contributed by atoms with Crippen LogP contribution in [-0.4, -0.2) is 17.8 Å². The van der Waals surface area contributed by atoms with E-state index < -0.39 is 17.3 Å². The van der Waals surface area contributed by atoms with Crippen LogP contribution in [0.25, 0.3) is 0 Å². The maximum atomic E-state index is 12.7. The average Bonchev–Trinajstić information content (AvgIpc) is 2.37. The highest BCUT2D eigenvalue weighted by molar-refractivity contribution is 5.36. The van der Waals surface area contributed by atoms with Crippen molar-refractivity contribution < 1.29 is 23.0 Å². The fourth-order valence-electron chi connectivity index (χ4n) is 2.80. The molecule has 0 bridgehead atoms. The summed E-state index contributed by atoms with van der Waals surface area (Å²) in [5.74, 6) is 0. The van der Waals surface area contributed by atoms with Gasteiger partial charge in [-0.3, -0.25) is 0 Å². The van der Waals surface area contributed by atoms with Crippen molar-refractivity contribution in [2.24, 2.45) is 0 Å². The van der Waals surface area contributed by atoms with E-state index in [2.05, 4.69) is 0 Å². The summed E-state index contributed by atoms with van der Waals surface area (Å²) < 4.78 is 43.5. The van der Waals surface area contributed by atoms with Gasteiger partial charge in [-0.15, -0.1) is 0 Å². The molecule has 2 atom stereocenters. The second-order valence-electron chi connectivity index (χ2n) is 5.41. The van der Waals surface area contributed by atoms with Gasteiger partial charge in [0.1, 0.15) is 0 Å². The number of alkyl halides is 3. The molecule has 0 saturated carbocycles. The largest absolute Gasteiger partial charge is 0.416 e. The zero-order valence-electron chi connectivity index (χ0n) is 11.6. The summed E-state index contributed by atoms with van der Waals surface area (Å²) in [5.41, 5.74) is -0.722. The molecule has 0 aliphatic carbocycles. The summed E-state index contributed by atoms with van der Waals surface area (Å²) in [6, 6.07) is 3.54. The van der Waals surface area contributed by atoms with Gasteiger partial charge in [0.05, 0.1) is 23.9 Å². The number of halogens is 3. The Kier molecular flexibility index (Phi) is 4.12. The lowest BCUT2D eigenvalue weighted by Gasteiger charge is -2.38. The molecule has 0 amide bonds. The van der Waals surface area contributed by atoms with Gasteiger partial charge in [-0.2, -0.15) is 13.2 Å². The molecular formula is C15H19F3O2. The van der Waals surface area contributed by atoms with E-state index in [-0.39, 0.29) is 6.10 Å². The Labute approximate surface area is 116 Å². The standard InChI is InChI=1S/C15H19F3O2/c1-3-12-9-14(19,6-7-20-12)13-5-4-11(8-10(13)2)15(16,17)18/h4-5,8,12,19H,3,6-7,9H2,1-2H3. The van der Waals surface area contributed by atoms with Gasteiger partial charge in [-0.25, -0.2) is 0 Å². The van der Waals surface area contributed by atoms with Crippen LogP contribution in [0.4, 0.5) is 13.2 Å². The predicted molar refractivity (Wildman–Crippen MR) is 69.3 cm³/mol. The first-order chi connectivity index (χ1) is 9.26. The number of hydrogen-bond acceptors (Lipinski definition) is 2. The first-order valence-corrected chi connectivity index (χ1v) is 6.78. The fraction of sp³-hybridized carbons (Fsp3) is 0.600. The fourth-order valence-corrected chi connectivity index (χ4v) is 2.80. The molecule has 2 rings (SSSR count). The van der Waals surface area contributed by atoms with Gasteiger partial charge in [0, 0.05) is 12.8 Å². The highest BCUT2D eigenvalue weighted by Gasteiger charge is 2.38. The van der Waals surface area contributed by atoms with Crippen LogP contribution in [0.3, 0.4) is 0 Å². The molecule has 1 fully saturated rings. The zero-order chi connectivity index (χ0) is 15.0. The van der Waals surface area contributed by atoms with E-state index in [9.17, 15) is 18.3 Å². The smallest absolute Gasteiger partial charge is 0.385 e. The monoisotopic (exact) mass is 288 g/mol. The van der Waals surface area contributed by atoms with E-state index in [1.807, 2.05) is 6.92 Å². The minimum atomic E-state index is -4.35. The lowest BCUT2D eigenvalue weighted by atomic mass is 9.80. The lowest BCUT2D eigenvalue weighted by molar-refractivity contribution is -0.137. The third-order valence-electron chi connectivity index (χ3n) is 3.94. The highest BCUT2D eigenvalue weighted by atomic mass is 19.4. The van der Waals surface area contributed by atoms with Crippen molar-refractivity contribution in [2.75, 3.05) is 6.61 Å². The summed E-state index contributed by atoms with van der Waals surface area (Å²) in [6.45, 7) is 4.00. The van der Waals surface area contributed by atoms with E-state index in [0.717, 1.165) is 18.6 Å². The number of benzene rings is 1. The van der Waals surface area contributed by atoms with Crippen LogP contribution < -0.4 is 0 Å². The third-order valence-corrected chi connectivity index (χ3v) is 3.94. The number of aryl methyl sites for hydroxylation is 1. The molecule has 0 spiro atoms. The molecular weight excluding hydrogens is 269 g/mol. The summed E-state index contributed by atoms with van der Waals surface area (Å²) >= 11 is 0. The van der Waals surface area contributed by atoms with Crippen molar-refractivity contribution in [2.45, 2.75) is 51.0 Å². The van der Waals surface area contributed by atoms with E-state index in [0.29, 0.717) is 30.6 Å². The predicted octanol–water partition coefficient (Wildman–Crippen LogP) is 3.79. The van der Waals surface area contributed by atoms with Crippen molar-refractivity contribution in [1.29, 1.82) is 0 Å². The zero-order valence-corrected chi connectivity index (χ0v) is 11.6. The van der Waals surface area contributed by atoms with Crippen molar-refractivity contribution in [1.82, 2.24) is 0 Å². The van der Waals surface area contributed by atoms with Crippen LogP contribution in [0, 0.1) is 6.92 Å². The summed E-state index contributed by atoms with van der Waals surface area (Å²) in [4.78, 5) is 0. The van der Waals surface area contributed by atoms with Gasteiger partial charge in [0.2, 0.25) is 0 Å². The average molecular weight is 288 g/mol. The Bertz CT molecular complexity index is 484. The van der Waals surface area contributed by atoms with Crippen LogP contribution in [0.2, 0.25) is 0 Å². The first kappa shape index (κ1) is 15.3. The SMILES string of the molecule is CCC1CC(O)(c2ccc(C(F)(F)F)cc2C)CCO1. The molecule has 112 valence electrons. The summed E-state index contributed by atoms with van der Waals surface area (Å²) in [7, 11) is 0. The molecule has 5 heteroatoms. The van der Waals surface area contributed by atoms with E-state index >= 15 is 0 Å². The molecule has 2 unspecified atom stereocenters. The van der Waals surface area contributed by atoms with Crippen molar-refractivity contribution in [3.63, 3.8) is 0 Å². The van der Waals surface area contributed by atoms with Gasteiger partial charge < -0.3 is 9.84 Å². The molecule has 0 radical (unpaired) electrons. The second kappa shape index (κ2) is 5.37. The minimum absolute atomic E-state index is 0.0459. The first-order valence-electron chi connectivity index (χ1n) is 6.78. The number of rotatable bonds is 2. The molecule has 1 aliphatic heterocycles. The summed E-state index contributed by atoms with van der Waals surface area (Å²) in [5, 5.41) is 10.8. The molecule has 2 nitrogen and oxygen atoms in total. The molecule has 1 N–H and O–H groups in total. The minimum Gasteiger partial charge on any atom is -0.385 e. The van der Waals surface area contributed by atoms with Crippen LogP contribution in [0.5, 0.6) is 0 Å². The van der Waals surface area contributed by atoms with Crippen molar-refractivity contribution >= 4 is 0 Å². The molecule has 1 aliphatic rings. The Morgan fingerprint density at radius 1 is 1.40 bits per heavy atom. The molecule has 1 aromatic rings. The van der Waals surface area contributed by atoms with E-state index in [4.69, 9.17) is 4.74 Å². The number of ether oxygens (including phenoxy) is 1. The van der Waals surface area contributed by atoms with E-state index in [1.165, 1.54) is 6.07 Å². The van der Waals surface area contributed by atoms with Crippen LogP contribution in [0.1, 0.15) is 42.9 Å². The van der Waals surface area contributed by atoms with E-state index in [1.54, 1.807) is 6.92 Å². The number of aliphatic hydroxyl groups is 1. The van der Waals surface area contributed by atoms with Crippen molar-refractivity contribution in [3.05, 3.63) is 34.9 Å². The van der Waals surface area contributed by atoms with Crippen LogP contribution >= 0.6 is 0 Å². The summed E-state index contributed by atoms with van der Waals surface area (Å²) in [6.07, 6.45) is -2.78. The topological polar surface area (TPSA) is 29.5 Å². The Balaban J connectivity index is 2.33. The van der Waals surface area contributed by atoms with Gasteiger partial charge in [-0.05, 0) is 36.6 Å². The highest BCUT2D eigenvalue weighted by Crippen LogP contribution is 2.39. The Morgan fingerprint density at radius 3 is 2.65 bits per heavy atom.